The normalized spacial score (nSPS) is 25.9. The molecule has 2 heterocycles. The van der Waals surface area contributed by atoms with Gasteiger partial charge in [-0.25, -0.2) is 0 Å². The van der Waals surface area contributed by atoms with E-state index in [1.54, 1.807) is 0 Å². The minimum absolute atomic E-state index is 0.774. The van der Waals surface area contributed by atoms with Gasteiger partial charge in [0, 0.05) is 28.4 Å². The predicted molar refractivity (Wildman–Crippen MR) is 94.4 cm³/mol. The fourth-order valence-electron chi connectivity index (χ4n) is 3.53. The molecule has 0 amide bonds. The highest BCUT2D eigenvalue weighted by molar-refractivity contribution is 14.1. The third-order valence-corrected chi connectivity index (χ3v) is 5.64. The summed E-state index contributed by atoms with van der Waals surface area (Å²) >= 11 is 2.38. The minimum atomic E-state index is 0.774. The summed E-state index contributed by atoms with van der Waals surface area (Å²) < 4.78 is 1.32. The Bertz CT molecular complexity index is 423. The zero-order chi connectivity index (χ0) is 13.9. The van der Waals surface area contributed by atoms with Crippen molar-refractivity contribution < 1.29 is 0 Å². The summed E-state index contributed by atoms with van der Waals surface area (Å²) in [6.45, 7) is 7.46. The van der Waals surface area contributed by atoms with Crippen molar-refractivity contribution in [1.82, 2.24) is 4.90 Å². The van der Waals surface area contributed by atoms with E-state index in [9.17, 15) is 0 Å². The van der Waals surface area contributed by atoms with E-state index in [4.69, 9.17) is 0 Å². The second-order valence-electron chi connectivity index (χ2n) is 6.44. The summed E-state index contributed by atoms with van der Waals surface area (Å²) in [4.78, 5) is 5.33. The molecule has 3 rings (SSSR count). The summed E-state index contributed by atoms with van der Waals surface area (Å²) in [6.07, 6.45) is 5.50. The SMILES string of the molecule is CC1CCN(C2CCCN(c3ccc(I)cc3)C2)CC1. The van der Waals surface area contributed by atoms with E-state index in [0.717, 1.165) is 12.0 Å². The van der Waals surface area contributed by atoms with Crippen LogP contribution in [0.3, 0.4) is 0 Å². The van der Waals surface area contributed by atoms with Crippen LogP contribution >= 0.6 is 22.6 Å². The molecule has 20 heavy (non-hydrogen) atoms. The number of benzene rings is 1. The highest BCUT2D eigenvalue weighted by Gasteiger charge is 2.27. The third-order valence-electron chi connectivity index (χ3n) is 4.92. The number of rotatable bonds is 2. The van der Waals surface area contributed by atoms with E-state index in [1.807, 2.05) is 0 Å². The molecular formula is C17H25IN2. The molecule has 0 aliphatic carbocycles. The Morgan fingerprint density at radius 2 is 1.70 bits per heavy atom. The van der Waals surface area contributed by atoms with Gasteiger partial charge < -0.3 is 4.90 Å². The average molecular weight is 384 g/mol. The van der Waals surface area contributed by atoms with E-state index < -0.39 is 0 Å². The topological polar surface area (TPSA) is 6.48 Å². The van der Waals surface area contributed by atoms with Crippen LogP contribution in [0.5, 0.6) is 0 Å². The van der Waals surface area contributed by atoms with Crippen LogP contribution in [0.4, 0.5) is 5.69 Å². The van der Waals surface area contributed by atoms with Gasteiger partial charge in [0.25, 0.3) is 0 Å². The molecule has 0 aromatic heterocycles. The van der Waals surface area contributed by atoms with Crippen LogP contribution in [0.15, 0.2) is 24.3 Å². The minimum Gasteiger partial charge on any atom is -0.370 e. The van der Waals surface area contributed by atoms with Crippen molar-refractivity contribution in [2.24, 2.45) is 5.92 Å². The van der Waals surface area contributed by atoms with Crippen molar-refractivity contribution in [3.8, 4) is 0 Å². The van der Waals surface area contributed by atoms with Crippen LogP contribution in [0.2, 0.25) is 0 Å². The summed E-state index contributed by atoms with van der Waals surface area (Å²) in [5, 5.41) is 0. The number of anilines is 1. The molecule has 1 atom stereocenters. The molecule has 0 bridgehead atoms. The highest BCUT2D eigenvalue weighted by Crippen LogP contribution is 2.26. The predicted octanol–water partition coefficient (Wildman–Crippen LogP) is 3.99. The van der Waals surface area contributed by atoms with Crippen LogP contribution in [-0.4, -0.2) is 37.1 Å². The molecule has 3 heteroatoms. The lowest BCUT2D eigenvalue weighted by Crippen LogP contribution is -2.50. The van der Waals surface area contributed by atoms with E-state index in [-0.39, 0.29) is 0 Å². The largest absolute Gasteiger partial charge is 0.370 e. The molecule has 0 saturated carbocycles. The van der Waals surface area contributed by atoms with Gasteiger partial charge in [-0.15, -0.1) is 0 Å². The van der Waals surface area contributed by atoms with E-state index in [1.165, 1.54) is 61.1 Å². The quantitative estimate of drug-likeness (QED) is 0.712. The number of hydrogen-bond acceptors (Lipinski definition) is 2. The third kappa shape index (κ3) is 3.48. The van der Waals surface area contributed by atoms with E-state index in [0.29, 0.717) is 0 Å². The fourth-order valence-corrected chi connectivity index (χ4v) is 3.89. The van der Waals surface area contributed by atoms with Crippen molar-refractivity contribution in [2.45, 2.75) is 38.6 Å². The number of hydrogen-bond donors (Lipinski definition) is 0. The lowest BCUT2D eigenvalue weighted by molar-refractivity contribution is 0.125. The first-order valence-corrected chi connectivity index (χ1v) is 9.05. The van der Waals surface area contributed by atoms with Crippen molar-refractivity contribution in [3.63, 3.8) is 0 Å². The Kier molecular flexibility index (Phi) is 4.87. The van der Waals surface area contributed by atoms with Gasteiger partial charge in [0.05, 0.1) is 0 Å². The van der Waals surface area contributed by atoms with Crippen LogP contribution < -0.4 is 4.90 Å². The Balaban J connectivity index is 1.63. The molecule has 2 fully saturated rings. The van der Waals surface area contributed by atoms with Gasteiger partial charge in [-0.3, -0.25) is 4.90 Å². The summed E-state index contributed by atoms with van der Waals surface area (Å²) in [7, 11) is 0. The molecule has 0 N–H and O–H groups in total. The highest BCUT2D eigenvalue weighted by atomic mass is 127. The number of likely N-dealkylation sites (tertiary alicyclic amines) is 1. The van der Waals surface area contributed by atoms with Crippen LogP contribution in [0.1, 0.15) is 32.6 Å². The molecule has 2 nitrogen and oxygen atoms in total. The fraction of sp³-hybridized carbons (Fsp3) is 0.647. The summed E-state index contributed by atoms with van der Waals surface area (Å²) in [5.74, 6) is 0.933. The van der Waals surface area contributed by atoms with Gasteiger partial charge in [-0.1, -0.05) is 6.92 Å². The molecule has 1 aromatic carbocycles. The lowest BCUT2D eigenvalue weighted by Gasteiger charge is -2.42. The molecular weight excluding hydrogens is 359 g/mol. The van der Waals surface area contributed by atoms with Gasteiger partial charge in [0.2, 0.25) is 0 Å². The molecule has 0 spiro atoms. The van der Waals surface area contributed by atoms with Gasteiger partial charge >= 0.3 is 0 Å². The van der Waals surface area contributed by atoms with Gasteiger partial charge in [0.15, 0.2) is 0 Å². The summed E-state index contributed by atoms with van der Waals surface area (Å²) in [6, 6.07) is 9.78. The molecule has 1 aromatic rings. The number of piperidine rings is 2. The summed E-state index contributed by atoms with van der Waals surface area (Å²) in [5.41, 5.74) is 1.40. The van der Waals surface area contributed by atoms with Crippen molar-refractivity contribution in [1.29, 1.82) is 0 Å². The zero-order valence-corrected chi connectivity index (χ0v) is 14.6. The van der Waals surface area contributed by atoms with Gasteiger partial charge in [-0.05, 0) is 91.5 Å². The van der Waals surface area contributed by atoms with Crippen molar-refractivity contribution in [3.05, 3.63) is 27.8 Å². The van der Waals surface area contributed by atoms with E-state index >= 15 is 0 Å². The maximum Gasteiger partial charge on any atom is 0.0367 e. The first-order chi connectivity index (χ1) is 9.72. The first-order valence-electron chi connectivity index (χ1n) is 7.97. The Morgan fingerprint density at radius 3 is 2.40 bits per heavy atom. The molecule has 0 radical (unpaired) electrons. The molecule has 110 valence electrons. The van der Waals surface area contributed by atoms with Gasteiger partial charge in [0.1, 0.15) is 0 Å². The maximum absolute atomic E-state index is 2.75. The van der Waals surface area contributed by atoms with Gasteiger partial charge in [-0.2, -0.15) is 0 Å². The number of halogens is 1. The first kappa shape index (κ1) is 14.6. The second-order valence-corrected chi connectivity index (χ2v) is 7.68. The van der Waals surface area contributed by atoms with Crippen LogP contribution in [-0.2, 0) is 0 Å². The van der Waals surface area contributed by atoms with Crippen molar-refractivity contribution >= 4 is 28.3 Å². The van der Waals surface area contributed by atoms with E-state index in [2.05, 4.69) is 63.6 Å². The number of nitrogens with zero attached hydrogens (tertiary/aromatic N) is 2. The molecule has 2 aliphatic rings. The Hall–Kier alpha value is -0.290. The lowest BCUT2D eigenvalue weighted by atomic mass is 9.95. The molecule has 1 unspecified atom stereocenters. The smallest absolute Gasteiger partial charge is 0.0367 e. The maximum atomic E-state index is 2.75. The zero-order valence-electron chi connectivity index (χ0n) is 12.4. The second kappa shape index (κ2) is 6.65. The average Bonchev–Trinajstić information content (AvgIpc) is 2.49. The van der Waals surface area contributed by atoms with Crippen molar-refractivity contribution in [2.75, 3.05) is 31.1 Å². The monoisotopic (exact) mass is 384 g/mol. The standard InChI is InChI=1S/C17H25IN2/c1-14-8-11-19(12-9-14)17-3-2-10-20(13-17)16-6-4-15(18)5-7-16/h4-7,14,17H,2-3,8-13H2,1H3. The Labute approximate surface area is 136 Å². The molecule has 2 aliphatic heterocycles. The van der Waals surface area contributed by atoms with Crippen LogP contribution in [0, 0.1) is 9.49 Å². The molecule has 2 saturated heterocycles. The van der Waals surface area contributed by atoms with Crippen LogP contribution in [0.25, 0.3) is 0 Å². The Morgan fingerprint density at radius 1 is 1.00 bits per heavy atom.